The number of nitrogens with zero attached hydrogens (tertiary/aromatic N) is 2. The molecule has 106 valence electrons. The van der Waals surface area contributed by atoms with E-state index in [1.54, 1.807) is 12.1 Å². The zero-order valence-corrected chi connectivity index (χ0v) is 11.9. The summed E-state index contributed by atoms with van der Waals surface area (Å²) in [6.07, 6.45) is 1.82. The van der Waals surface area contributed by atoms with Crippen LogP contribution in [0, 0.1) is 5.82 Å². The molecule has 1 N–H and O–H groups in total. The van der Waals surface area contributed by atoms with Crippen molar-refractivity contribution in [1.82, 2.24) is 10.3 Å². The minimum atomic E-state index is -0.206. The predicted molar refractivity (Wildman–Crippen MR) is 80.1 cm³/mol. The summed E-state index contributed by atoms with van der Waals surface area (Å²) in [4.78, 5) is 6.44. The number of rotatable bonds is 6. The van der Waals surface area contributed by atoms with Crippen molar-refractivity contribution in [3.8, 4) is 0 Å². The smallest absolute Gasteiger partial charge is 0.128 e. The highest BCUT2D eigenvalue weighted by Crippen LogP contribution is 2.14. The molecule has 0 unspecified atom stereocenters. The molecule has 0 saturated heterocycles. The van der Waals surface area contributed by atoms with Crippen molar-refractivity contribution >= 4 is 5.82 Å². The van der Waals surface area contributed by atoms with Crippen LogP contribution in [0.2, 0.25) is 0 Å². The predicted octanol–water partition coefficient (Wildman–Crippen LogP) is 2.97. The Hall–Kier alpha value is -1.94. The van der Waals surface area contributed by atoms with Crippen molar-refractivity contribution in [2.45, 2.75) is 20.0 Å². The molecule has 0 atom stereocenters. The lowest BCUT2D eigenvalue weighted by Gasteiger charge is -2.19. The molecule has 0 aliphatic heterocycles. The highest BCUT2D eigenvalue weighted by molar-refractivity contribution is 5.41. The van der Waals surface area contributed by atoms with Gasteiger partial charge in [0.25, 0.3) is 0 Å². The van der Waals surface area contributed by atoms with Crippen LogP contribution in [0.15, 0.2) is 42.6 Å². The molecule has 0 aliphatic carbocycles. The van der Waals surface area contributed by atoms with E-state index in [-0.39, 0.29) is 5.82 Å². The topological polar surface area (TPSA) is 28.2 Å². The lowest BCUT2D eigenvalue weighted by Crippen LogP contribution is -2.18. The maximum absolute atomic E-state index is 12.9. The summed E-state index contributed by atoms with van der Waals surface area (Å²) in [5, 5.41) is 3.30. The fourth-order valence-electron chi connectivity index (χ4n) is 1.99. The molecule has 1 heterocycles. The van der Waals surface area contributed by atoms with E-state index in [0.29, 0.717) is 6.54 Å². The molecule has 0 bridgehead atoms. The van der Waals surface area contributed by atoms with Crippen molar-refractivity contribution in [3.63, 3.8) is 0 Å². The molecule has 0 saturated carbocycles. The van der Waals surface area contributed by atoms with E-state index in [1.165, 1.54) is 17.7 Å². The third-order valence-electron chi connectivity index (χ3n) is 3.11. The third-order valence-corrected chi connectivity index (χ3v) is 3.11. The van der Waals surface area contributed by atoms with Crippen LogP contribution in [-0.4, -0.2) is 18.6 Å². The van der Waals surface area contributed by atoms with Gasteiger partial charge in [0.2, 0.25) is 0 Å². The number of pyridine rings is 1. The number of hydrogen-bond acceptors (Lipinski definition) is 3. The van der Waals surface area contributed by atoms with Crippen molar-refractivity contribution in [3.05, 3.63) is 59.5 Å². The first-order valence-corrected chi connectivity index (χ1v) is 6.80. The van der Waals surface area contributed by atoms with Crippen molar-refractivity contribution in [2.24, 2.45) is 0 Å². The second kappa shape index (κ2) is 7.01. The highest BCUT2D eigenvalue weighted by atomic mass is 19.1. The van der Waals surface area contributed by atoms with Gasteiger partial charge in [-0.3, -0.25) is 0 Å². The minimum absolute atomic E-state index is 0.206. The number of benzene rings is 1. The Labute approximate surface area is 119 Å². The molecule has 0 aliphatic rings. The van der Waals surface area contributed by atoms with E-state index in [2.05, 4.69) is 28.2 Å². The first kappa shape index (κ1) is 14.5. The van der Waals surface area contributed by atoms with Gasteiger partial charge < -0.3 is 10.2 Å². The van der Waals surface area contributed by atoms with Crippen molar-refractivity contribution in [1.29, 1.82) is 0 Å². The van der Waals surface area contributed by atoms with Gasteiger partial charge in [-0.05, 0) is 41.9 Å². The molecule has 2 aromatic rings. The van der Waals surface area contributed by atoms with E-state index >= 15 is 0 Å². The first-order chi connectivity index (χ1) is 9.69. The van der Waals surface area contributed by atoms with Crippen molar-refractivity contribution < 1.29 is 4.39 Å². The van der Waals surface area contributed by atoms with Gasteiger partial charge in [-0.1, -0.05) is 19.1 Å². The molecule has 0 radical (unpaired) electrons. The van der Waals surface area contributed by atoms with Gasteiger partial charge in [-0.2, -0.15) is 0 Å². The standard InChI is InChI=1S/C16H20FN3/c1-3-18-11-14-8-9-19-16(10-14)20(2)12-13-4-6-15(17)7-5-13/h4-10,18H,3,11-12H2,1-2H3. The van der Waals surface area contributed by atoms with Gasteiger partial charge in [-0.15, -0.1) is 0 Å². The molecule has 3 nitrogen and oxygen atoms in total. The minimum Gasteiger partial charge on any atom is -0.355 e. The van der Waals surface area contributed by atoms with E-state index in [1.807, 2.05) is 19.3 Å². The Bertz CT molecular complexity index is 540. The number of anilines is 1. The van der Waals surface area contributed by atoms with Crippen LogP contribution < -0.4 is 10.2 Å². The van der Waals surface area contributed by atoms with Gasteiger partial charge >= 0.3 is 0 Å². The van der Waals surface area contributed by atoms with Crippen LogP contribution >= 0.6 is 0 Å². The molecule has 0 fully saturated rings. The molecule has 0 spiro atoms. The SMILES string of the molecule is CCNCc1ccnc(N(C)Cc2ccc(F)cc2)c1. The second-order valence-electron chi connectivity index (χ2n) is 4.79. The van der Waals surface area contributed by atoms with E-state index in [4.69, 9.17) is 0 Å². The maximum atomic E-state index is 12.9. The highest BCUT2D eigenvalue weighted by Gasteiger charge is 2.05. The molecule has 20 heavy (non-hydrogen) atoms. The largest absolute Gasteiger partial charge is 0.355 e. The summed E-state index contributed by atoms with van der Waals surface area (Å²) in [6.45, 7) is 4.58. The Morgan fingerprint density at radius 3 is 2.60 bits per heavy atom. The van der Waals surface area contributed by atoms with Crippen LogP contribution in [0.4, 0.5) is 10.2 Å². The molecular weight excluding hydrogens is 253 g/mol. The number of aromatic nitrogens is 1. The summed E-state index contributed by atoms with van der Waals surface area (Å²) < 4.78 is 12.9. The third kappa shape index (κ3) is 4.03. The van der Waals surface area contributed by atoms with Gasteiger partial charge in [0.05, 0.1) is 0 Å². The lowest BCUT2D eigenvalue weighted by atomic mass is 10.2. The van der Waals surface area contributed by atoms with Crippen LogP contribution in [0.25, 0.3) is 0 Å². The Kier molecular flexibility index (Phi) is 5.07. The number of halogens is 1. The monoisotopic (exact) mass is 273 g/mol. The van der Waals surface area contributed by atoms with Crippen LogP contribution in [0.3, 0.4) is 0 Å². The maximum Gasteiger partial charge on any atom is 0.128 e. The first-order valence-electron chi connectivity index (χ1n) is 6.80. The van der Waals surface area contributed by atoms with Gasteiger partial charge in [-0.25, -0.2) is 9.37 Å². The summed E-state index contributed by atoms with van der Waals surface area (Å²) >= 11 is 0. The molecule has 2 rings (SSSR count). The lowest BCUT2D eigenvalue weighted by molar-refractivity contribution is 0.627. The van der Waals surface area contributed by atoms with Crippen LogP contribution in [0.1, 0.15) is 18.1 Å². The molecule has 1 aromatic carbocycles. The Morgan fingerprint density at radius 2 is 1.90 bits per heavy atom. The number of nitrogens with one attached hydrogen (secondary N) is 1. The van der Waals surface area contributed by atoms with Crippen molar-refractivity contribution in [2.75, 3.05) is 18.5 Å². The van der Waals surface area contributed by atoms with E-state index < -0.39 is 0 Å². The van der Waals surface area contributed by atoms with Crippen LogP contribution in [-0.2, 0) is 13.1 Å². The zero-order valence-electron chi connectivity index (χ0n) is 11.9. The summed E-state index contributed by atoms with van der Waals surface area (Å²) in [7, 11) is 1.99. The Balaban J connectivity index is 2.04. The average molecular weight is 273 g/mol. The van der Waals surface area contributed by atoms with Gasteiger partial charge in [0.15, 0.2) is 0 Å². The molecule has 0 amide bonds. The number of hydrogen-bond donors (Lipinski definition) is 1. The quantitative estimate of drug-likeness (QED) is 0.877. The Morgan fingerprint density at radius 1 is 1.15 bits per heavy atom. The molecular formula is C16H20FN3. The normalized spacial score (nSPS) is 10.6. The summed E-state index contributed by atoms with van der Waals surface area (Å²) in [5.41, 5.74) is 2.27. The van der Waals surface area contributed by atoms with Crippen LogP contribution in [0.5, 0.6) is 0 Å². The molecule has 4 heteroatoms. The van der Waals surface area contributed by atoms with E-state index in [9.17, 15) is 4.39 Å². The van der Waals surface area contributed by atoms with Gasteiger partial charge in [0, 0.05) is 26.3 Å². The average Bonchev–Trinajstić information content (AvgIpc) is 2.48. The fourth-order valence-corrected chi connectivity index (χ4v) is 1.99. The molecule has 1 aromatic heterocycles. The second-order valence-corrected chi connectivity index (χ2v) is 4.79. The fraction of sp³-hybridized carbons (Fsp3) is 0.312. The summed E-state index contributed by atoms with van der Waals surface area (Å²) in [5.74, 6) is 0.715. The van der Waals surface area contributed by atoms with E-state index in [0.717, 1.165) is 24.5 Å². The van der Waals surface area contributed by atoms with Gasteiger partial charge in [0.1, 0.15) is 11.6 Å². The summed E-state index contributed by atoms with van der Waals surface area (Å²) in [6, 6.07) is 10.7. The zero-order chi connectivity index (χ0) is 14.4.